The van der Waals surface area contributed by atoms with Crippen LogP contribution in [-0.4, -0.2) is 66.1 Å². The Hall–Kier alpha value is -1.54. The highest BCUT2D eigenvalue weighted by Gasteiger charge is 2.35. The first-order chi connectivity index (χ1) is 12.2. The van der Waals surface area contributed by atoms with E-state index in [9.17, 15) is 23.1 Å². The van der Waals surface area contributed by atoms with Crippen molar-refractivity contribution in [1.82, 2.24) is 9.80 Å². The van der Waals surface area contributed by atoms with Crippen LogP contribution in [0.15, 0.2) is 22.9 Å². The lowest BCUT2D eigenvalue weighted by Crippen LogP contribution is -2.53. The lowest BCUT2D eigenvalue weighted by Gasteiger charge is -2.45. The van der Waals surface area contributed by atoms with Crippen molar-refractivity contribution >= 4 is 5.97 Å². The minimum absolute atomic E-state index is 0.0582. The fourth-order valence-electron chi connectivity index (χ4n) is 3.59. The highest BCUT2D eigenvalue weighted by atomic mass is 19.4. The third-order valence-electron chi connectivity index (χ3n) is 4.73. The van der Waals surface area contributed by atoms with Gasteiger partial charge in [0.05, 0.1) is 18.8 Å². The highest BCUT2D eigenvalue weighted by molar-refractivity contribution is 5.92. The lowest BCUT2D eigenvalue weighted by molar-refractivity contribution is -0.137. The zero-order valence-electron chi connectivity index (χ0n) is 15.3. The second-order valence-corrected chi connectivity index (χ2v) is 6.70. The molecule has 1 atom stereocenters. The van der Waals surface area contributed by atoms with Crippen molar-refractivity contribution in [3.63, 3.8) is 0 Å². The van der Waals surface area contributed by atoms with Gasteiger partial charge in [-0.15, -0.1) is 0 Å². The van der Waals surface area contributed by atoms with E-state index >= 15 is 0 Å². The molecule has 0 amide bonds. The number of morpholine rings is 1. The summed E-state index contributed by atoms with van der Waals surface area (Å²) in [7, 11) is 0. The summed E-state index contributed by atoms with van der Waals surface area (Å²) in [5.41, 5.74) is 1.53. The topological polar surface area (TPSA) is 53.0 Å². The number of aliphatic carboxylic acids is 1. The van der Waals surface area contributed by atoms with Gasteiger partial charge in [0.2, 0.25) is 0 Å². The maximum absolute atomic E-state index is 12.6. The largest absolute Gasteiger partial charge is 0.478 e. The maximum Gasteiger partial charge on any atom is 0.389 e. The molecule has 2 heterocycles. The number of allylic oxidation sites excluding steroid dienone is 1. The molecular formula is C18H27F3N2O3. The highest BCUT2D eigenvalue weighted by Crippen LogP contribution is 2.33. The summed E-state index contributed by atoms with van der Waals surface area (Å²) < 4.78 is 43.2. The molecule has 8 heteroatoms. The van der Waals surface area contributed by atoms with Crippen LogP contribution in [0.1, 0.15) is 39.5 Å². The van der Waals surface area contributed by atoms with Gasteiger partial charge < -0.3 is 14.7 Å². The van der Waals surface area contributed by atoms with E-state index in [0.29, 0.717) is 44.0 Å². The number of hydrogen-bond acceptors (Lipinski definition) is 4. The van der Waals surface area contributed by atoms with Crippen molar-refractivity contribution in [2.24, 2.45) is 0 Å². The van der Waals surface area contributed by atoms with Crippen LogP contribution in [0.4, 0.5) is 13.2 Å². The summed E-state index contributed by atoms with van der Waals surface area (Å²) in [6, 6.07) is 0. The molecule has 2 aliphatic heterocycles. The minimum Gasteiger partial charge on any atom is -0.478 e. The summed E-state index contributed by atoms with van der Waals surface area (Å²) >= 11 is 0. The van der Waals surface area contributed by atoms with Gasteiger partial charge >= 0.3 is 12.1 Å². The van der Waals surface area contributed by atoms with Crippen molar-refractivity contribution in [2.45, 2.75) is 51.9 Å². The standard InChI is InChI=1S/C18H27F3N2O3/c1-3-5-14-16(17(24)25)13(2)12-15(22-8-10-26-11-9-22)23(14)7-4-6-18(19,20)21/h12,15H,3-11H2,1-2H3,(H,24,25). The fourth-order valence-corrected chi connectivity index (χ4v) is 3.59. The number of nitrogens with zero attached hydrogens (tertiary/aromatic N) is 2. The fraction of sp³-hybridized carbons (Fsp3) is 0.722. The number of rotatable bonds is 7. The van der Waals surface area contributed by atoms with Crippen LogP contribution in [0, 0.1) is 0 Å². The number of hydrogen-bond donors (Lipinski definition) is 1. The van der Waals surface area contributed by atoms with E-state index in [-0.39, 0.29) is 24.7 Å². The Morgan fingerprint density at radius 1 is 1.35 bits per heavy atom. The summed E-state index contributed by atoms with van der Waals surface area (Å²) in [4.78, 5) is 15.8. The van der Waals surface area contributed by atoms with Crippen molar-refractivity contribution in [1.29, 1.82) is 0 Å². The first-order valence-corrected chi connectivity index (χ1v) is 9.05. The predicted octanol–water partition coefficient (Wildman–Crippen LogP) is 3.39. The molecule has 26 heavy (non-hydrogen) atoms. The van der Waals surface area contributed by atoms with Crippen LogP contribution in [0.25, 0.3) is 0 Å². The van der Waals surface area contributed by atoms with Crippen LogP contribution in [0.5, 0.6) is 0 Å². The molecule has 148 valence electrons. The van der Waals surface area contributed by atoms with Crippen molar-refractivity contribution in [2.75, 3.05) is 32.8 Å². The van der Waals surface area contributed by atoms with Gasteiger partial charge in [0, 0.05) is 31.8 Å². The Bertz CT molecular complexity index is 567. The van der Waals surface area contributed by atoms with Gasteiger partial charge in [-0.05, 0) is 31.4 Å². The average Bonchev–Trinajstić information content (AvgIpc) is 2.56. The number of halogens is 3. The smallest absolute Gasteiger partial charge is 0.389 e. The van der Waals surface area contributed by atoms with Gasteiger partial charge in [0.25, 0.3) is 0 Å². The van der Waals surface area contributed by atoms with Gasteiger partial charge in [-0.2, -0.15) is 13.2 Å². The molecule has 5 nitrogen and oxygen atoms in total. The van der Waals surface area contributed by atoms with Crippen LogP contribution in [0.2, 0.25) is 0 Å². The molecule has 0 aromatic carbocycles. The third-order valence-corrected chi connectivity index (χ3v) is 4.73. The second kappa shape index (κ2) is 8.90. The van der Waals surface area contributed by atoms with Crippen LogP contribution < -0.4 is 0 Å². The Labute approximate surface area is 152 Å². The lowest BCUT2D eigenvalue weighted by atomic mass is 9.95. The van der Waals surface area contributed by atoms with E-state index in [1.54, 1.807) is 6.92 Å². The van der Waals surface area contributed by atoms with Gasteiger partial charge in [-0.1, -0.05) is 13.3 Å². The van der Waals surface area contributed by atoms with E-state index in [2.05, 4.69) is 4.90 Å². The van der Waals surface area contributed by atoms with Crippen LogP contribution in [0.3, 0.4) is 0 Å². The van der Waals surface area contributed by atoms with Gasteiger partial charge in [0.15, 0.2) is 0 Å². The van der Waals surface area contributed by atoms with E-state index in [4.69, 9.17) is 4.74 Å². The third kappa shape index (κ3) is 5.23. The van der Waals surface area contributed by atoms with Gasteiger partial charge in [-0.25, -0.2) is 4.79 Å². The van der Waals surface area contributed by atoms with E-state index < -0.39 is 18.6 Å². The average molecular weight is 376 g/mol. The number of carboxylic acids is 1. The Kier molecular flexibility index (Phi) is 7.11. The maximum atomic E-state index is 12.6. The van der Waals surface area contributed by atoms with Crippen molar-refractivity contribution in [3.8, 4) is 0 Å². The molecule has 0 spiro atoms. The number of carbonyl (C=O) groups is 1. The molecule has 0 saturated carbocycles. The van der Waals surface area contributed by atoms with Gasteiger partial charge in [0.1, 0.15) is 6.17 Å². The van der Waals surface area contributed by atoms with Crippen LogP contribution in [-0.2, 0) is 9.53 Å². The molecule has 0 aromatic heterocycles. The zero-order valence-corrected chi connectivity index (χ0v) is 15.3. The van der Waals surface area contributed by atoms with Gasteiger partial charge in [-0.3, -0.25) is 4.90 Å². The molecule has 2 aliphatic rings. The minimum atomic E-state index is -4.21. The number of alkyl halides is 3. The Morgan fingerprint density at radius 2 is 2.00 bits per heavy atom. The van der Waals surface area contributed by atoms with E-state index in [0.717, 1.165) is 6.42 Å². The molecular weight excluding hydrogens is 349 g/mol. The zero-order chi connectivity index (χ0) is 19.3. The normalized spacial score (nSPS) is 22.6. The molecule has 0 aromatic rings. The quantitative estimate of drug-likeness (QED) is 0.738. The molecule has 0 aliphatic carbocycles. The number of ether oxygens (including phenoxy) is 1. The van der Waals surface area contributed by atoms with E-state index in [1.165, 1.54) is 0 Å². The van der Waals surface area contributed by atoms with E-state index in [1.807, 2.05) is 17.9 Å². The first kappa shape index (κ1) is 20.8. The summed E-state index contributed by atoms with van der Waals surface area (Å²) in [5.74, 6) is -1.02. The first-order valence-electron chi connectivity index (χ1n) is 9.05. The molecule has 2 rings (SSSR count). The number of carboxylic acid groups (broad SMARTS) is 1. The SMILES string of the molecule is CCCC1=C(C(=O)O)C(C)=CC(N2CCOCC2)N1CCCC(F)(F)F. The summed E-state index contributed by atoms with van der Waals surface area (Å²) in [6.45, 7) is 6.36. The van der Waals surface area contributed by atoms with Crippen LogP contribution >= 0.6 is 0 Å². The Balaban J connectivity index is 2.31. The molecule has 0 radical (unpaired) electrons. The molecule has 1 saturated heterocycles. The van der Waals surface area contributed by atoms with Crippen molar-refractivity contribution < 1.29 is 27.8 Å². The molecule has 1 N–H and O–H groups in total. The summed E-state index contributed by atoms with van der Waals surface area (Å²) in [5, 5.41) is 9.64. The Morgan fingerprint density at radius 3 is 2.54 bits per heavy atom. The molecule has 1 unspecified atom stereocenters. The monoisotopic (exact) mass is 376 g/mol. The summed E-state index contributed by atoms with van der Waals surface area (Å²) in [6.07, 6.45) is -2.25. The second-order valence-electron chi connectivity index (χ2n) is 6.70. The predicted molar refractivity (Wildman–Crippen MR) is 91.5 cm³/mol. The van der Waals surface area contributed by atoms with Crippen molar-refractivity contribution in [3.05, 3.63) is 22.9 Å². The molecule has 1 fully saturated rings. The molecule has 0 bridgehead atoms.